The van der Waals surface area contributed by atoms with Gasteiger partial charge in [-0.2, -0.15) is 0 Å². The van der Waals surface area contributed by atoms with Crippen molar-refractivity contribution in [2.24, 2.45) is 0 Å². The second kappa shape index (κ2) is 8.37. The Morgan fingerprint density at radius 2 is 0.639 bits per heavy atom. The zero-order valence-corrected chi connectivity index (χ0v) is 29.1. The SMILES string of the molecule is CC(C)(C)[Si](C)(C)O[C@H]1Cc2c1c1c(c3c2[C@@H](O[Si](C)(C)C(C)(C)C)C3)[C@@H](O[Si](C)(C)C(C)(C)C)C1. The van der Waals surface area contributed by atoms with Gasteiger partial charge in [0.05, 0.1) is 18.3 Å². The van der Waals surface area contributed by atoms with E-state index in [9.17, 15) is 0 Å². The predicted octanol–water partition coefficient (Wildman–Crippen LogP) is 9.54. The normalized spacial score (nSPS) is 24.2. The van der Waals surface area contributed by atoms with Crippen LogP contribution in [0, 0.1) is 0 Å². The molecule has 0 bridgehead atoms. The van der Waals surface area contributed by atoms with E-state index in [2.05, 4.69) is 102 Å². The van der Waals surface area contributed by atoms with Gasteiger partial charge in [0.15, 0.2) is 25.0 Å². The molecule has 3 aliphatic carbocycles. The minimum atomic E-state index is -1.84. The molecule has 3 atom stereocenters. The average Bonchev–Trinajstić information content (AvgIpc) is 2.61. The van der Waals surface area contributed by atoms with Crippen molar-refractivity contribution in [2.75, 3.05) is 0 Å². The first-order valence-electron chi connectivity index (χ1n) is 14.2. The first kappa shape index (κ1) is 28.8. The number of benzene rings is 1. The third kappa shape index (κ3) is 4.49. The van der Waals surface area contributed by atoms with E-state index in [-0.39, 0.29) is 33.4 Å². The van der Waals surface area contributed by atoms with Gasteiger partial charge in [0, 0.05) is 19.3 Å². The van der Waals surface area contributed by atoms with Crippen LogP contribution in [0.15, 0.2) is 0 Å². The second-order valence-electron chi connectivity index (χ2n) is 16.4. The molecule has 0 unspecified atom stereocenters. The van der Waals surface area contributed by atoms with E-state index in [0.717, 1.165) is 19.3 Å². The van der Waals surface area contributed by atoms with Gasteiger partial charge in [-0.05, 0) is 87.8 Å². The first-order valence-corrected chi connectivity index (χ1v) is 22.9. The van der Waals surface area contributed by atoms with Crippen LogP contribution >= 0.6 is 0 Å². The van der Waals surface area contributed by atoms with Crippen LogP contribution in [0.1, 0.15) is 114 Å². The zero-order chi connectivity index (χ0) is 27.4. The van der Waals surface area contributed by atoms with E-state index in [1.807, 2.05) is 0 Å². The Hall–Kier alpha value is -0.249. The molecule has 6 heteroatoms. The molecule has 204 valence electrons. The number of hydrogen-bond donors (Lipinski definition) is 0. The van der Waals surface area contributed by atoms with Gasteiger partial charge in [0.2, 0.25) is 0 Å². The van der Waals surface area contributed by atoms with Crippen molar-refractivity contribution < 1.29 is 13.3 Å². The molecular weight excluding hydrogens is 493 g/mol. The van der Waals surface area contributed by atoms with Crippen LogP contribution in [-0.4, -0.2) is 25.0 Å². The molecule has 0 fully saturated rings. The number of hydrogen-bond acceptors (Lipinski definition) is 3. The summed E-state index contributed by atoms with van der Waals surface area (Å²) < 4.78 is 21.0. The highest BCUT2D eigenvalue weighted by Crippen LogP contribution is 2.60. The summed E-state index contributed by atoms with van der Waals surface area (Å²) in [6.07, 6.45) is 3.93. The topological polar surface area (TPSA) is 27.7 Å². The summed E-state index contributed by atoms with van der Waals surface area (Å²) in [4.78, 5) is 0. The summed E-state index contributed by atoms with van der Waals surface area (Å²) in [6, 6.07) is 0. The van der Waals surface area contributed by atoms with Crippen molar-refractivity contribution in [1.82, 2.24) is 0 Å². The third-order valence-electron chi connectivity index (χ3n) is 10.8. The van der Waals surface area contributed by atoms with Crippen molar-refractivity contribution in [2.45, 2.75) is 154 Å². The van der Waals surface area contributed by atoms with Crippen LogP contribution in [0.4, 0.5) is 0 Å². The molecule has 3 aliphatic rings. The second-order valence-corrected chi connectivity index (χ2v) is 30.7. The van der Waals surface area contributed by atoms with Crippen LogP contribution in [0.3, 0.4) is 0 Å². The smallest absolute Gasteiger partial charge is 0.192 e. The van der Waals surface area contributed by atoms with Gasteiger partial charge in [-0.15, -0.1) is 0 Å². The van der Waals surface area contributed by atoms with Gasteiger partial charge in [0.1, 0.15) is 0 Å². The summed E-state index contributed by atoms with van der Waals surface area (Å²) in [5.41, 5.74) is 9.25. The molecule has 0 N–H and O–H groups in total. The largest absolute Gasteiger partial charge is 0.410 e. The Morgan fingerprint density at radius 1 is 0.444 bits per heavy atom. The van der Waals surface area contributed by atoms with Gasteiger partial charge < -0.3 is 13.3 Å². The summed E-state index contributed by atoms with van der Waals surface area (Å²) in [6.45, 7) is 35.5. The summed E-state index contributed by atoms with van der Waals surface area (Å²) >= 11 is 0. The highest BCUT2D eigenvalue weighted by atomic mass is 28.4. The summed E-state index contributed by atoms with van der Waals surface area (Å²) in [7, 11) is -5.53. The highest BCUT2D eigenvalue weighted by molar-refractivity contribution is 6.75. The van der Waals surface area contributed by atoms with Crippen LogP contribution < -0.4 is 0 Å². The van der Waals surface area contributed by atoms with E-state index in [4.69, 9.17) is 13.3 Å². The molecule has 0 saturated carbocycles. The van der Waals surface area contributed by atoms with E-state index in [1.165, 1.54) is 16.7 Å². The molecular formula is C30H54O3Si3. The highest BCUT2D eigenvalue weighted by Gasteiger charge is 2.53. The van der Waals surface area contributed by atoms with Crippen molar-refractivity contribution >= 4 is 25.0 Å². The quantitative estimate of drug-likeness (QED) is 0.332. The maximum atomic E-state index is 7.01. The van der Waals surface area contributed by atoms with Crippen LogP contribution in [0.2, 0.25) is 54.4 Å². The Labute approximate surface area is 225 Å². The fraction of sp³-hybridized carbons (Fsp3) is 0.800. The predicted molar refractivity (Wildman–Crippen MR) is 161 cm³/mol. The average molecular weight is 547 g/mol. The molecule has 3 nitrogen and oxygen atoms in total. The molecule has 0 aliphatic heterocycles. The lowest BCUT2D eigenvalue weighted by atomic mass is 9.62. The molecule has 0 spiro atoms. The fourth-order valence-electron chi connectivity index (χ4n) is 5.18. The van der Waals surface area contributed by atoms with Crippen molar-refractivity contribution in [3.63, 3.8) is 0 Å². The molecule has 1 aromatic rings. The van der Waals surface area contributed by atoms with E-state index in [1.54, 1.807) is 16.7 Å². The van der Waals surface area contributed by atoms with Crippen molar-refractivity contribution in [3.05, 3.63) is 33.4 Å². The minimum absolute atomic E-state index is 0.220. The summed E-state index contributed by atoms with van der Waals surface area (Å²) in [5.74, 6) is 0. The maximum absolute atomic E-state index is 7.01. The minimum Gasteiger partial charge on any atom is -0.410 e. The fourth-order valence-corrected chi connectivity index (χ4v) is 8.97. The Balaban J connectivity index is 1.71. The van der Waals surface area contributed by atoms with E-state index in [0.29, 0.717) is 0 Å². The zero-order valence-electron chi connectivity index (χ0n) is 26.1. The molecule has 4 rings (SSSR count). The standard InChI is InChI=1S/C30H54O3Si3/c1-28(2,3)34(10,11)31-22-16-19-25(22)20-17-23(32-35(12,13)29(4,5)6)27(20)21-18-24(26(19)21)33-36(14,15)30(7,8)9/h22-24H,16-18H2,1-15H3/t22-,23-,24-/m0/s1. The van der Waals surface area contributed by atoms with Crippen LogP contribution in [0.25, 0.3) is 0 Å². The molecule has 0 heterocycles. The Bertz CT molecular complexity index is 897. The lowest BCUT2D eigenvalue weighted by Gasteiger charge is -2.53. The third-order valence-corrected chi connectivity index (χ3v) is 24.3. The Morgan fingerprint density at radius 3 is 0.806 bits per heavy atom. The monoisotopic (exact) mass is 546 g/mol. The van der Waals surface area contributed by atoms with E-state index >= 15 is 0 Å². The van der Waals surface area contributed by atoms with Gasteiger partial charge in [0.25, 0.3) is 0 Å². The van der Waals surface area contributed by atoms with Crippen LogP contribution in [-0.2, 0) is 32.5 Å². The maximum Gasteiger partial charge on any atom is 0.192 e. The summed E-state index contributed by atoms with van der Waals surface area (Å²) in [5, 5.41) is 0.660. The van der Waals surface area contributed by atoms with E-state index < -0.39 is 25.0 Å². The van der Waals surface area contributed by atoms with Gasteiger partial charge in [-0.25, -0.2) is 0 Å². The molecule has 0 saturated heterocycles. The van der Waals surface area contributed by atoms with Crippen molar-refractivity contribution in [3.8, 4) is 0 Å². The Kier molecular flexibility index (Phi) is 6.69. The molecule has 36 heavy (non-hydrogen) atoms. The molecule has 0 amide bonds. The molecule has 1 aromatic carbocycles. The van der Waals surface area contributed by atoms with Gasteiger partial charge >= 0.3 is 0 Å². The lowest BCUT2D eigenvalue weighted by Crippen LogP contribution is -2.49. The lowest BCUT2D eigenvalue weighted by molar-refractivity contribution is 0.117. The first-order chi connectivity index (χ1) is 16.0. The number of rotatable bonds is 6. The van der Waals surface area contributed by atoms with Gasteiger partial charge in [-0.1, -0.05) is 62.3 Å². The molecule has 0 radical (unpaired) electrons. The molecule has 0 aromatic heterocycles. The van der Waals surface area contributed by atoms with Gasteiger partial charge in [-0.3, -0.25) is 0 Å². The van der Waals surface area contributed by atoms with Crippen molar-refractivity contribution in [1.29, 1.82) is 0 Å². The number of fused-ring (bicyclic) bond motifs is 6. The van der Waals surface area contributed by atoms with Crippen LogP contribution in [0.5, 0.6) is 0 Å².